The maximum atomic E-state index is 12.6. The highest BCUT2D eigenvalue weighted by molar-refractivity contribution is 14.0. The number of hydrogen-bond acceptors (Lipinski definition) is 1. The summed E-state index contributed by atoms with van der Waals surface area (Å²) < 4.78 is 25.2. The van der Waals surface area contributed by atoms with E-state index in [0.29, 0.717) is 5.96 Å². The van der Waals surface area contributed by atoms with Gasteiger partial charge in [-0.05, 0) is 12.8 Å². The molecule has 0 amide bonds. The predicted octanol–water partition coefficient (Wildman–Crippen LogP) is 2.59. The summed E-state index contributed by atoms with van der Waals surface area (Å²) in [5, 5.41) is 0. The van der Waals surface area contributed by atoms with Crippen molar-refractivity contribution >= 4 is 29.9 Å². The van der Waals surface area contributed by atoms with E-state index in [-0.39, 0.29) is 42.9 Å². The first-order chi connectivity index (χ1) is 7.57. The van der Waals surface area contributed by atoms with Crippen molar-refractivity contribution in [3.63, 3.8) is 0 Å². The van der Waals surface area contributed by atoms with Gasteiger partial charge < -0.3 is 10.6 Å². The van der Waals surface area contributed by atoms with Crippen LogP contribution >= 0.6 is 24.0 Å². The Labute approximate surface area is 118 Å². The zero-order chi connectivity index (χ0) is 11.6. The first-order valence-electron chi connectivity index (χ1n) is 6.03. The molecule has 0 atom stereocenters. The quantitative estimate of drug-likeness (QED) is 0.444. The van der Waals surface area contributed by atoms with Crippen LogP contribution in [0.1, 0.15) is 38.5 Å². The van der Waals surface area contributed by atoms with E-state index in [4.69, 9.17) is 5.73 Å². The first-order valence-corrected chi connectivity index (χ1v) is 6.03. The van der Waals surface area contributed by atoms with Gasteiger partial charge in [0, 0.05) is 25.9 Å². The smallest absolute Gasteiger partial charge is 0.252 e. The van der Waals surface area contributed by atoms with Gasteiger partial charge in [-0.2, -0.15) is 0 Å². The number of rotatable bonds is 1. The molecule has 1 aliphatic heterocycles. The Morgan fingerprint density at radius 3 is 2.12 bits per heavy atom. The largest absolute Gasteiger partial charge is 0.370 e. The Balaban J connectivity index is 0.00000144. The number of guanidine groups is 1. The standard InChI is InChI=1S/C11H19F2N3.HI/c12-11(13)7-9(8-11)15-10(14)16-5-3-1-2-4-6-16;/h9H,1-8H2,(H2,14,15);1H. The van der Waals surface area contributed by atoms with Gasteiger partial charge in [-0.25, -0.2) is 13.8 Å². The summed E-state index contributed by atoms with van der Waals surface area (Å²) in [5.74, 6) is -2.05. The molecule has 0 bridgehead atoms. The molecule has 2 N–H and O–H groups in total. The maximum absolute atomic E-state index is 12.6. The van der Waals surface area contributed by atoms with Crippen molar-refractivity contribution in [2.75, 3.05) is 13.1 Å². The predicted molar refractivity (Wildman–Crippen MR) is 75.0 cm³/mol. The topological polar surface area (TPSA) is 41.6 Å². The monoisotopic (exact) mass is 359 g/mol. The lowest BCUT2D eigenvalue weighted by atomic mass is 9.89. The summed E-state index contributed by atoms with van der Waals surface area (Å²) in [6, 6.07) is -0.266. The maximum Gasteiger partial charge on any atom is 0.252 e. The lowest BCUT2D eigenvalue weighted by Gasteiger charge is -2.33. The van der Waals surface area contributed by atoms with Crippen molar-refractivity contribution < 1.29 is 8.78 Å². The summed E-state index contributed by atoms with van der Waals surface area (Å²) in [6.45, 7) is 1.83. The van der Waals surface area contributed by atoms with Crippen molar-refractivity contribution in [1.29, 1.82) is 0 Å². The number of alkyl halides is 2. The molecular formula is C11H20F2IN3. The van der Waals surface area contributed by atoms with Crippen molar-refractivity contribution in [2.45, 2.75) is 50.5 Å². The summed E-state index contributed by atoms with van der Waals surface area (Å²) in [7, 11) is 0. The molecule has 3 nitrogen and oxygen atoms in total. The normalized spacial score (nSPS) is 25.8. The molecule has 2 rings (SSSR count). The van der Waals surface area contributed by atoms with E-state index >= 15 is 0 Å². The third kappa shape index (κ3) is 4.22. The van der Waals surface area contributed by atoms with Gasteiger partial charge in [-0.3, -0.25) is 0 Å². The van der Waals surface area contributed by atoms with E-state index in [1.165, 1.54) is 12.8 Å². The van der Waals surface area contributed by atoms with Gasteiger partial charge in [-0.15, -0.1) is 24.0 Å². The van der Waals surface area contributed by atoms with Gasteiger partial charge in [0.25, 0.3) is 5.92 Å². The van der Waals surface area contributed by atoms with Crippen LogP contribution in [0, 0.1) is 0 Å². The third-order valence-corrected chi connectivity index (χ3v) is 3.31. The molecule has 1 aliphatic carbocycles. The van der Waals surface area contributed by atoms with Crippen molar-refractivity contribution in [1.82, 2.24) is 4.90 Å². The summed E-state index contributed by atoms with van der Waals surface area (Å²) in [6.07, 6.45) is 4.42. The minimum Gasteiger partial charge on any atom is -0.370 e. The molecule has 1 heterocycles. The fourth-order valence-corrected chi connectivity index (χ4v) is 2.29. The molecule has 0 radical (unpaired) electrons. The van der Waals surface area contributed by atoms with E-state index in [1.54, 1.807) is 0 Å². The van der Waals surface area contributed by atoms with Gasteiger partial charge in [0.15, 0.2) is 5.96 Å². The second-order valence-electron chi connectivity index (χ2n) is 4.81. The Morgan fingerprint density at radius 2 is 1.65 bits per heavy atom. The molecule has 1 saturated carbocycles. The molecule has 1 saturated heterocycles. The summed E-state index contributed by atoms with van der Waals surface area (Å²) >= 11 is 0. The minimum atomic E-state index is -2.51. The van der Waals surface area contributed by atoms with E-state index in [9.17, 15) is 8.78 Å². The van der Waals surface area contributed by atoms with Crippen LogP contribution in [0.5, 0.6) is 0 Å². The highest BCUT2D eigenvalue weighted by Crippen LogP contribution is 2.39. The molecule has 6 heteroatoms. The van der Waals surface area contributed by atoms with Crippen molar-refractivity contribution in [2.24, 2.45) is 10.7 Å². The fourth-order valence-electron chi connectivity index (χ4n) is 2.29. The summed E-state index contributed by atoms with van der Waals surface area (Å²) in [4.78, 5) is 6.21. The van der Waals surface area contributed by atoms with Gasteiger partial charge in [0.1, 0.15) is 0 Å². The lowest BCUT2D eigenvalue weighted by Crippen LogP contribution is -2.43. The van der Waals surface area contributed by atoms with Gasteiger partial charge in [0.05, 0.1) is 6.04 Å². The molecule has 0 aromatic rings. The van der Waals surface area contributed by atoms with Gasteiger partial charge >= 0.3 is 0 Å². The Morgan fingerprint density at radius 1 is 1.12 bits per heavy atom. The van der Waals surface area contributed by atoms with E-state index in [2.05, 4.69) is 4.99 Å². The van der Waals surface area contributed by atoms with Crippen LogP contribution in [0.3, 0.4) is 0 Å². The number of nitrogens with two attached hydrogens (primary N) is 1. The SMILES string of the molecule is I.NC(=NC1CC(F)(F)C1)N1CCCCCC1. The Hall–Kier alpha value is -0.140. The number of nitrogens with zero attached hydrogens (tertiary/aromatic N) is 2. The van der Waals surface area contributed by atoms with Crippen molar-refractivity contribution in [3.05, 3.63) is 0 Å². The Bertz CT molecular complexity index is 268. The molecular weight excluding hydrogens is 339 g/mol. The molecule has 0 unspecified atom stereocenters. The van der Waals surface area contributed by atoms with Crippen molar-refractivity contribution in [3.8, 4) is 0 Å². The zero-order valence-corrected chi connectivity index (χ0v) is 12.2. The average Bonchev–Trinajstić information content (AvgIpc) is 2.42. The third-order valence-electron chi connectivity index (χ3n) is 3.31. The number of halogens is 3. The first kappa shape index (κ1) is 14.9. The minimum absolute atomic E-state index is 0. The number of hydrogen-bond donors (Lipinski definition) is 1. The molecule has 100 valence electrons. The van der Waals surface area contributed by atoms with Crippen LogP contribution in [-0.2, 0) is 0 Å². The molecule has 2 aliphatic rings. The molecule has 2 fully saturated rings. The zero-order valence-electron chi connectivity index (χ0n) is 9.87. The van der Waals surface area contributed by atoms with Crippen LogP contribution in [-0.4, -0.2) is 35.9 Å². The molecule has 17 heavy (non-hydrogen) atoms. The highest BCUT2D eigenvalue weighted by Gasteiger charge is 2.45. The van der Waals surface area contributed by atoms with Crippen LogP contribution in [0.15, 0.2) is 4.99 Å². The fraction of sp³-hybridized carbons (Fsp3) is 0.909. The molecule has 0 aromatic heterocycles. The second-order valence-corrected chi connectivity index (χ2v) is 4.81. The molecule has 0 aromatic carbocycles. The van der Waals surface area contributed by atoms with Crippen LogP contribution < -0.4 is 5.73 Å². The summed E-state index contributed by atoms with van der Waals surface area (Å²) in [5.41, 5.74) is 5.85. The lowest BCUT2D eigenvalue weighted by molar-refractivity contribution is -0.0836. The second kappa shape index (κ2) is 6.15. The average molecular weight is 359 g/mol. The molecule has 0 spiro atoms. The number of likely N-dealkylation sites (tertiary alicyclic amines) is 1. The Kier molecular flexibility index (Phi) is 5.40. The van der Waals surface area contributed by atoms with E-state index in [0.717, 1.165) is 25.9 Å². The number of aliphatic imine (C=N–C) groups is 1. The van der Waals surface area contributed by atoms with Crippen LogP contribution in [0.25, 0.3) is 0 Å². The van der Waals surface area contributed by atoms with Gasteiger partial charge in [-0.1, -0.05) is 12.8 Å². The van der Waals surface area contributed by atoms with Gasteiger partial charge in [0.2, 0.25) is 0 Å². The van der Waals surface area contributed by atoms with Crippen LogP contribution in [0.4, 0.5) is 8.78 Å². The van der Waals surface area contributed by atoms with Crippen LogP contribution in [0.2, 0.25) is 0 Å². The highest BCUT2D eigenvalue weighted by atomic mass is 127. The van der Waals surface area contributed by atoms with E-state index in [1.807, 2.05) is 4.90 Å². The van der Waals surface area contributed by atoms with E-state index < -0.39 is 5.92 Å².